The molecular formula is C20H16ClNO5. The molecule has 1 amide bonds. The molecule has 7 heteroatoms. The van der Waals surface area contributed by atoms with Gasteiger partial charge in [-0.1, -0.05) is 23.7 Å². The molecule has 0 radical (unpaired) electrons. The van der Waals surface area contributed by atoms with E-state index in [1.54, 1.807) is 24.3 Å². The largest absolute Gasteiger partial charge is 0.482 e. The number of halogens is 1. The van der Waals surface area contributed by atoms with Gasteiger partial charge in [0.2, 0.25) is 0 Å². The lowest BCUT2D eigenvalue weighted by Gasteiger charge is -2.18. The first-order valence-corrected chi connectivity index (χ1v) is 8.89. The SMILES string of the molecule is O=C1COc2ccc(C(=O)COC(=O)C3(c4ccc(Cl)cc4)CC3)cc2N1. The summed E-state index contributed by atoms with van der Waals surface area (Å²) in [6, 6.07) is 11.8. The predicted molar refractivity (Wildman–Crippen MR) is 98.2 cm³/mol. The van der Waals surface area contributed by atoms with Crippen molar-refractivity contribution in [1.82, 2.24) is 0 Å². The van der Waals surface area contributed by atoms with E-state index in [4.69, 9.17) is 21.1 Å². The molecule has 0 saturated heterocycles. The topological polar surface area (TPSA) is 81.7 Å². The van der Waals surface area contributed by atoms with Gasteiger partial charge in [-0.05, 0) is 48.7 Å². The predicted octanol–water partition coefficient (Wildman–Crippen LogP) is 3.13. The van der Waals surface area contributed by atoms with Gasteiger partial charge in [0.1, 0.15) is 5.75 Å². The molecular weight excluding hydrogens is 370 g/mol. The molecule has 1 N–H and O–H groups in total. The van der Waals surface area contributed by atoms with Crippen LogP contribution in [0.5, 0.6) is 5.75 Å². The van der Waals surface area contributed by atoms with Gasteiger partial charge in [0.05, 0.1) is 11.1 Å². The highest BCUT2D eigenvalue weighted by Crippen LogP contribution is 2.49. The molecule has 0 bridgehead atoms. The van der Waals surface area contributed by atoms with Gasteiger partial charge in [-0.2, -0.15) is 0 Å². The van der Waals surface area contributed by atoms with Crippen molar-refractivity contribution in [3.05, 3.63) is 58.6 Å². The van der Waals surface area contributed by atoms with Gasteiger partial charge >= 0.3 is 5.97 Å². The summed E-state index contributed by atoms with van der Waals surface area (Å²) in [5, 5.41) is 3.24. The minimum Gasteiger partial charge on any atom is -0.482 e. The zero-order valence-electron chi connectivity index (χ0n) is 14.3. The van der Waals surface area contributed by atoms with Crippen LogP contribution in [0, 0.1) is 0 Å². The Morgan fingerprint density at radius 1 is 1.15 bits per heavy atom. The summed E-state index contributed by atoms with van der Waals surface area (Å²) in [4.78, 5) is 36.3. The number of nitrogens with one attached hydrogen (secondary N) is 1. The van der Waals surface area contributed by atoms with Gasteiger partial charge in [-0.15, -0.1) is 0 Å². The highest BCUT2D eigenvalue weighted by Gasteiger charge is 2.52. The van der Waals surface area contributed by atoms with Gasteiger partial charge in [0, 0.05) is 10.6 Å². The smallest absolute Gasteiger partial charge is 0.317 e. The molecule has 27 heavy (non-hydrogen) atoms. The summed E-state index contributed by atoms with van der Waals surface area (Å²) in [5.41, 5.74) is 0.938. The first-order chi connectivity index (χ1) is 13.0. The van der Waals surface area contributed by atoms with Crippen molar-refractivity contribution in [2.24, 2.45) is 0 Å². The van der Waals surface area contributed by atoms with Crippen molar-refractivity contribution in [1.29, 1.82) is 0 Å². The second-order valence-corrected chi connectivity index (χ2v) is 7.07. The lowest BCUT2D eigenvalue weighted by molar-refractivity contribution is -0.145. The van der Waals surface area contributed by atoms with Gasteiger partial charge in [-0.3, -0.25) is 14.4 Å². The summed E-state index contributed by atoms with van der Waals surface area (Å²) in [6.07, 6.45) is 1.37. The van der Waals surface area contributed by atoms with Crippen molar-refractivity contribution in [3.8, 4) is 5.75 Å². The number of Topliss-reactive ketones (excluding diaryl/α,β-unsaturated/α-hetero) is 1. The highest BCUT2D eigenvalue weighted by molar-refractivity contribution is 6.30. The van der Waals surface area contributed by atoms with Crippen LogP contribution in [0.2, 0.25) is 5.02 Å². The Morgan fingerprint density at radius 2 is 1.89 bits per heavy atom. The van der Waals surface area contributed by atoms with Crippen LogP contribution in [-0.2, 0) is 19.7 Å². The summed E-state index contributed by atoms with van der Waals surface area (Å²) in [5.74, 6) is -0.536. The second-order valence-electron chi connectivity index (χ2n) is 6.64. The van der Waals surface area contributed by atoms with Crippen LogP contribution in [0.3, 0.4) is 0 Å². The minimum absolute atomic E-state index is 0.0509. The molecule has 2 aromatic carbocycles. The lowest BCUT2D eigenvalue weighted by Crippen LogP contribution is -2.27. The number of rotatable bonds is 5. The second kappa shape index (κ2) is 6.70. The summed E-state index contributed by atoms with van der Waals surface area (Å²) >= 11 is 5.90. The molecule has 0 atom stereocenters. The Balaban J connectivity index is 1.42. The van der Waals surface area contributed by atoms with Gasteiger partial charge in [0.25, 0.3) is 5.91 Å². The number of ketones is 1. The number of hydrogen-bond donors (Lipinski definition) is 1. The average Bonchev–Trinajstić information content (AvgIpc) is 3.47. The zero-order valence-corrected chi connectivity index (χ0v) is 15.0. The molecule has 0 aromatic heterocycles. The average molecular weight is 386 g/mol. The van der Waals surface area contributed by atoms with Crippen LogP contribution in [0.15, 0.2) is 42.5 Å². The molecule has 138 valence electrons. The van der Waals surface area contributed by atoms with Crippen molar-refractivity contribution in [2.75, 3.05) is 18.5 Å². The molecule has 1 fully saturated rings. The number of hydrogen-bond acceptors (Lipinski definition) is 5. The maximum absolute atomic E-state index is 12.5. The monoisotopic (exact) mass is 385 g/mol. The number of ether oxygens (including phenoxy) is 2. The van der Waals surface area contributed by atoms with E-state index in [1.807, 2.05) is 12.1 Å². The molecule has 1 saturated carbocycles. The van der Waals surface area contributed by atoms with E-state index in [-0.39, 0.29) is 24.9 Å². The fourth-order valence-electron chi connectivity index (χ4n) is 3.11. The lowest BCUT2D eigenvalue weighted by atomic mass is 9.96. The van der Waals surface area contributed by atoms with Crippen LogP contribution >= 0.6 is 11.6 Å². The fraction of sp³-hybridized carbons (Fsp3) is 0.250. The standard InChI is InChI=1S/C20H16ClNO5/c21-14-4-2-13(3-5-14)20(7-8-20)19(25)27-10-16(23)12-1-6-17-15(9-12)22-18(24)11-26-17/h1-6,9H,7-8,10-11H2,(H,22,24). The number of fused-ring (bicyclic) bond motifs is 1. The van der Waals surface area contributed by atoms with Crippen LogP contribution in [0.4, 0.5) is 5.69 Å². The third-order valence-electron chi connectivity index (χ3n) is 4.81. The summed E-state index contributed by atoms with van der Waals surface area (Å²) < 4.78 is 10.6. The van der Waals surface area contributed by atoms with E-state index in [1.165, 1.54) is 6.07 Å². The molecule has 0 unspecified atom stereocenters. The molecule has 1 aliphatic carbocycles. The normalized spacial score (nSPS) is 16.6. The number of amides is 1. The maximum atomic E-state index is 12.5. The number of anilines is 1. The van der Waals surface area contributed by atoms with Crippen molar-refractivity contribution >= 4 is 34.9 Å². The Labute approximate surface area is 160 Å². The van der Waals surface area contributed by atoms with Crippen LogP contribution in [0.1, 0.15) is 28.8 Å². The minimum atomic E-state index is -0.678. The van der Waals surface area contributed by atoms with Crippen LogP contribution in [0.25, 0.3) is 0 Å². The van der Waals surface area contributed by atoms with Crippen LogP contribution in [-0.4, -0.2) is 30.9 Å². The van der Waals surface area contributed by atoms with E-state index in [0.717, 1.165) is 5.56 Å². The number of esters is 1. The quantitative estimate of drug-likeness (QED) is 0.631. The third kappa shape index (κ3) is 3.40. The fourth-order valence-corrected chi connectivity index (χ4v) is 3.24. The van der Waals surface area contributed by atoms with E-state index < -0.39 is 11.4 Å². The Morgan fingerprint density at radius 3 is 2.59 bits per heavy atom. The molecule has 0 spiro atoms. The van der Waals surface area contributed by atoms with Crippen molar-refractivity contribution < 1.29 is 23.9 Å². The zero-order chi connectivity index (χ0) is 19.0. The third-order valence-corrected chi connectivity index (χ3v) is 5.06. The maximum Gasteiger partial charge on any atom is 0.317 e. The molecule has 1 heterocycles. The van der Waals surface area contributed by atoms with E-state index in [0.29, 0.717) is 34.9 Å². The number of carbonyl (C=O) groups is 3. The van der Waals surface area contributed by atoms with Gasteiger partial charge < -0.3 is 14.8 Å². The molecule has 1 aliphatic heterocycles. The highest BCUT2D eigenvalue weighted by atomic mass is 35.5. The number of carbonyl (C=O) groups excluding carboxylic acids is 3. The molecule has 4 rings (SSSR count). The first-order valence-electron chi connectivity index (χ1n) is 8.51. The van der Waals surface area contributed by atoms with E-state index in [9.17, 15) is 14.4 Å². The van der Waals surface area contributed by atoms with Crippen molar-refractivity contribution in [3.63, 3.8) is 0 Å². The van der Waals surface area contributed by atoms with Crippen LogP contribution < -0.4 is 10.1 Å². The summed E-state index contributed by atoms with van der Waals surface area (Å²) in [6.45, 7) is -0.410. The molecule has 2 aromatic rings. The van der Waals surface area contributed by atoms with E-state index >= 15 is 0 Å². The van der Waals surface area contributed by atoms with Crippen molar-refractivity contribution in [2.45, 2.75) is 18.3 Å². The van der Waals surface area contributed by atoms with E-state index in [2.05, 4.69) is 5.32 Å². The summed E-state index contributed by atoms with van der Waals surface area (Å²) in [7, 11) is 0. The Hall–Kier alpha value is -2.86. The first kappa shape index (κ1) is 17.5. The molecule has 6 nitrogen and oxygen atoms in total. The molecule has 2 aliphatic rings. The Kier molecular flexibility index (Phi) is 4.36. The Bertz CT molecular complexity index is 934. The van der Waals surface area contributed by atoms with Gasteiger partial charge in [0.15, 0.2) is 19.0 Å². The van der Waals surface area contributed by atoms with Gasteiger partial charge in [-0.25, -0.2) is 0 Å². The number of benzene rings is 2.